The molecule has 0 atom stereocenters. The molecule has 0 saturated carbocycles. The fourth-order valence-electron chi connectivity index (χ4n) is 2.35. The van der Waals surface area contributed by atoms with E-state index in [2.05, 4.69) is 31.9 Å². The van der Waals surface area contributed by atoms with Crippen LogP contribution in [0.15, 0.2) is 28.7 Å². The van der Waals surface area contributed by atoms with Crippen LogP contribution in [0.2, 0.25) is 0 Å². The second kappa shape index (κ2) is 8.14. The van der Waals surface area contributed by atoms with Gasteiger partial charge < -0.3 is 10.6 Å². The van der Waals surface area contributed by atoms with Gasteiger partial charge in [-0.2, -0.15) is 0 Å². The topological polar surface area (TPSA) is 70.2 Å². The van der Waals surface area contributed by atoms with Crippen molar-refractivity contribution in [3.63, 3.8) is 0 Å². The molecule has 0 aliphatic carbocycles. The number of benzene rings is 1. The number of hydrogen-bond donors (Lipinski definition) is 3. The summed E-state index contributed by atoms with van der Waals surface area (Å²) in [6.07, 6.45) is 2.29. The number of imide groups is 1. The first-order chi connectivity index (χ1) is 10.2. The summed E-state index contributed by atoms with van der Waals surface area (Å²) in [6.45, 7) is 2.16. The molecule has 0 spiro atoms. The average Bonchev–Trinajstić information content (AvgIpc) is 2.50. The maximum absolute atomic E-state index is 11.9. The van der Waals surface area contributed by atoms with E-state index in [4.69, 9.17) is 0 Å². The second-order valence-electron chi connectivity index (χ2n) is 5.11. The fraction of sp³-hybridized carbons (Fsp3) is 0.467. The van der Waals surface area contributed by atoms with Crippen LogP contribution in [-0.2, 0) is 11.2 Å². The van der Waals surface area contributed by atoms with Crippen LogP contribution in [0, 0.1) is 5.92 Å². The molecule has 114 valence electrons. The highest BCUT2D eigenvalue weighted by atomic mass is 79.9. The van der Waals surface area contributed by atoms with E-state index in [1.807, 2.05) is 24.3 Å². The minimum Gasteiger partial charge on any atom is -0.337 e. The predicted octanol–water partition coefficient (Wildman–Crippen LogP) is 1.82. The summed E-state index contributed by atoms with van der Waals surface area (Å²) in [5.74, 6) is -0.227. The van der Waals surface area contributed by atoms with Crippen LogP contribution in [0.4, 0.5) is 4.79 Å². The quantitative estimate of drug-likeness (QED) is 0.773. The zero-order valence-corrected chi connectivity index (χ0v) is 13.4. The van der Waals surface area contributed by atoms with Crippen molar-refractivity contribution in [3.05, 3.63) is 34.3 Å². The van der Waals surface area contributed by atoms with E-state index in [0.717, 1.165) is 42.4 Å². The monoisotopic (exact) mass is 353 g/mol. The first-order valence-electron chi connectivity index (χ1n) is 7.19. The number of amides is 3. The van der Waals surface area contributed by atoms with Gasteiger partial charge >= 0.3 is 6.03 Å². The van der Waals surface area contributed by atoms with Crippen molar-refractivity contribution in [1.29, 1.82) is 0 Å². The lowest BCUT2D eigenvalue weighted by atomic mass is 9.97. The van der Waals surface area contributed by atoms with Crippen LogP contribution in [0.25, 0.3) is 0 Å². The van der Waals surface area contributed by atoms with Crippen LogP contribution in [0.3, 0.4) is 0 Å². The molecule has 1 aromatic carbocycles. The maximum atomic E-state index is 11.9. The Labute approximate surface area is 133 Å². The van der Waals surface area contributed by atoms with E-state index in [1.54, 1.807) is 0 Å². The number of halogens is 1. The molecule has 6 heteroatoms. The highest BCUT2D eigenvalue weighted by molar-refractivity contribution is 9.10. The third-order valence-corrected chi connectivity index (χ3v) is 4.36. The smallest absolute Gasteiger partial charge is 0.321 e. The molecule has 3 N–H and O–H groups in total. The molecule has 1 aromatic rings. The molecule has 1 heterocycles. The summed E-state index contributed by atoms with van der Waals surface area (Å²) in [7, 11) is 0. The zero-order valence-electron chi connectivity index (χ0n) is 11.8. The van der Waals surface area contributed by atoms with Crippen molar-refractivity contribution >= 4 is 27.9 Å². The third kappa shape index (κ3) is 5.13. The summed E-state index contributed by atoms with van der Waals surface area (Å²) in [6, 6.07) is 7.47. The van der Waals surface area contributed by atoms with Crippen LogP contribution in [0.5, 0.6) is 0 Å². The van der Waals surface area contributed by atoms with Crippen molar-refractivity contribution in [1.82, 2.24) is 16.0 Å². The molecule has 2 rings (SSSR count). The molecule has 1 saturated heterocycles. The van der Waals surface area contributed by atoms with Crippen molar-refractivity contribution in [2.45, 2.75) is 19.3 Å². The highest BCUT2D eigenvalue weighted by Crippen LogP contribution is 2.15. The molecule has 0 aromatic heterocycles. The standard InChI is InChI=1S/C15H20BrN3O2/c16-13-4-2-1-3-11(13)7-10-18-15(21)19-14(20)12-5-8-17-9-6-12/h1-4,12,17H,5-10H2,(H2,18,19,20,21). The molecule has 1 aliphatic heterocycles. The predicted molar refractivity (Wildman–Crippen MR) is 85.0 cm³/mol. The minimum absolute atomic E-state index is 0.0553. The van der Waals surface area contributed by atoms with Gasteiger partial charge in [0.05, 0.1) is 0 Å². The van der Waals surface area contributed by atoms with Crippen molar-refractivity contribution in [2.24, 2.45) is 5.92 Å². The van der Waals surface area contributed by atoms with Crippen LogP contribution in [0.1, 0.15) is 18.4 Å². The zero-order chi connectivity index (χ0) is 15.1. The Kier molecular flexibility index (Phi) is 6.20. The summed E-state index contributed by atoms with van der Waals surface area (Å²) in [5.41, 5.74) is 1.13. The Bertz CT molecular complexity index is 501. The molecular formula is C15H20BrN3O2. The lowest BCUT2D eigenvalue weighted by Gasteiger charge is -2.21. The minimum atomic E-state index is -0.411. The van der Waals surface area contributed by atoms with Gasteiger partial charge in [-0.25, -0.2) is 4.79 Å². The van der Waals surface area contributed by atoms with Crippen LogP contribution in [-0.4, -0.2) is 31.6 Å². The Morgan fingerprint density at radius 3 is 2.67 bits per heavy atom. The summed E-state index contributed by atoms with van der Waals surface area (Å²) < 4.78 is 1.03. The number of carbonyl (C=O) groups is 2. The van der Waals surface area contributed by atoms with E-state index in [1.165, 1.54) is 0 Å². The lowest BCUT2D eigenvalue weighted by molar-refractivity contribution is -0.124. The van der Waals surface area contributed by atoms with E-state index in [-0.39, 0.29) is 11.8 Å². The fourth-order valence-corrected chi connectivity index (χ4v) is 2.84. The Morgan fingerprint density at radius 2 is 1.95 bits per heavy atom. The summed E-state index contributed by atoms with van der Waals surface area (Å²) in [4.78, 5) is 23.6. The number of nitrogens with one attached hydrogen (secondary N) is 3. The van der Waals surface area contributed by atoms with E-state index < -0.39 is 6.03 Å². The van der Waals surface area contributed by atoms with Gasteiger partial charge in [0.25, 0.3) is 0 Å². The van der Waals surface area contributed by atoms with Gasteiger partial charge in [-0.05, 0) is 44.0 Å². The molecule has 3 amide bonds. The summed E-state index contributed by atoms with van der Waals surface area (Å²) >= 11 is 3.47. The number of carbonyl (C=O) groups excluding carboxylic acids is 2. The number of rotatable bonds is 4. The molecule has 0 bridgehead atoms. The number of urea groups is 1. The normalized spacial score (nSPS) is 15.5. The first-order valence-corrected chi connectivity index (χ1v) is 7.99. The molecule has 1 fully saturated rings. The number of hydrogen-bond acceptors (Lipinski definition) is 3. The van der Waals surface area contributed by atoms with Gasteiger partial charge in [0.1, 0.15) is 0 Å². The molecular weight excluding hydrogens is 334 g/mol. The summed E-state index contributed by atoms with van der Waals surface area (Å²) in [5, 5.41) is 8.34. The van der Waals surface area contributed by atoms with Gasteiger partial charge in [-0.3, -0.25) is 10.1 Å². The Morgan fingerprint density at radius 1 is 1.24 bits per heavy atom. The van der Waals surface area contributed by atoms with Crippen molar-refractivity contribution in [2.75, 3.05) is 19.6 Å². The van der Waals surface area contributed by atoms with Crippen LogP contribution < -0.4 is 16.0 Å². The largest absolute Gasteiger partial charge is 0.337 e. The van der Waals surface area contributed by atoms with Gasteiger partial charge in [-0.15, -0.1) is 0 Å². The lowest BCUT2D eigenvalue weighted by Crippen LogP contribution is -2.45. The highest BCUT2D eigenvalue weighted by Gasteiger charge is 2.22. The van der Waals surface area contributed by atoms with Crippen molar-refractivity contribution < 1.29 is 9.59 Å². The maximum Gasteiger partial charge on any atom is 0.321 e. The average molecular weight is 354 g/mol. The molecule has 5 nitrogen and oxygen atoms in total. The third-order valence-electron chi connectivity index (χ3n) is 3.58. The second-order valence-corrected chi connectivity index (χ2v) is 5.97. The first kappa shape index (κ1) is 16.0. The molecule has 0 radical (unpaired) electrons. The molecule has 1 aliphatic rings. The Hall–Kier alpha value is -1.40. The van der Waals surface area contributed by atoms with Gasteiger partial charge in [0.2, 0.25) is 5.91 Å². The molecule has 0 unspecified atom stereocenters. The van der Waals surface area contributed by atoms with Gasteiger partial charge in [0.15, 0.2) is 0 Å². The van der Waals surface area contributed by atoms with E-state index in [0.29, 0.717) is 6.54 Å². The van der Waals surface area contributed by atoms with Crippen molar-refractivity contribution in [3.8, 4) is 0 Å². The van der Waals surface area contributed by atoms with Gasteiger partial charge in [0, 0.05) is 16.9 Å². The molecule has 21 heavy (non-hydrogen) atoms. The van der Waals surface area contributed by atoms with E-state index >= 15 is 0 Å². The SMILES string of the molecule is O=C(NCCc1ccccc1Br)NC(=O)C1CCNCC1. The Balaban J connectivity index is 1.70. The van der Waals surface area contributed by atoms with E-state index in [9.17, 15) is 9.59 Å². The number of piperidine rings is 1. The van der Waals surface area contributed by atoms with Crippen LogP contribution >= 0.6 is 15.9 Å². The van der Waals surface area contributed by atoms with Gasteiger partial charge in [-0.1, -0.05) is 34.1 Å².